The summed E-state index contributed by atoms with van der Waals surface area (Å²) in [5.41, 5.74) is 4.11. The Morgan fingerprint density at radius 3 is 3.00 bits per heavy atom. The first-order chi connectivity index (χ1) is 7.27. The van der Waals surface area contributed by atoms with Crippen LogP contribution in [0.25, 0.3) is 0 Å². The monoisotopic (exact) mass is 204 g/mol. The summed E-state index contributed by atoms with van der Waals surface area (Å²) in [7, 11) is 0. The molecule has 0 fully saturated rings. The van der Waals surface area contributed by atoms with Crippen LogP contribution in [0.3, 0.4) is 0 Å². The molecule has 1 aromatic rings. The highest BCUT2D eigenvalue weighted by atomic mass is 14.9. The summed E-state index contributed by atoms with van der Waals surface area (Å²) in [5.74, 6) is 0.588. The number of nitrogens with one attached hydrogen (secondary N) is 2. The summed E-state index contributed by atoms with van der Waals surface area (Å²) in [6.45, 7) is 7.71. The van der Waals surface area contributed by atoms with Gasteiger partial charge in [-0.3, -0.25) is 0 Å². The third kappa shape index (κ3) is 2.51. The second-order valence-electron chi connectivity index (χ2n) is 4.48. The zero-order chi connectivity index (χ0) is 10.7. The first kappa shape index (κ1) is 10.5. The first-order valence-electron chi connectivity index (χ1n) is 5.82. The van der Waals surface area contributed by atoms with E-state index < -0.39 is 0 Å². The lowest BCUT2D eigenvalue weighted by molar-refractivity contribution is 0.611. The molecular weight excluding hydrogens is 184 g/mol. The molecule has 0 aliphatic carbocycles. The van der Waals surface area contributed by atoms with E-state index in [2.05, 4.69) is 42.7 Å². The topological polar surface area (TPSA) is 24.1 Å². The predicted molar refractivity (Wildman–Crippen MR) is 65.6 cm³/mol. The summed E-state index contributed by atoms with van der Waals surface area (Å²) < 4.78 is 0. The third-order valence-corrected chi connectivity index (χ3v) is 3.03. The molecular formula is C13H20N2. The average Bonchev–Trinajstić information content (AvgIpc) is 2.31. The number of hydrogen-bond donors (Lipinski definition) is 2. The molecule has 2 nitrogen and oxygen atoms in total. The Morgan fingerprint density at radius 1 is 1.27 bits per heavy atom. The van der Waals surface area contributed by atoms with Crippen molar-refractivity contribution >= 4 is 5.69 Å². The number of aryl methyl sites for hydroxylation is 1. The van der Waals surface area contributed by atoms with E-state index in [4.69, 9.17) is 0 Å². The van der Waals surface area contributed by atoms with Gasteiger partial charge >= 0.3 is 0 Å². The van der Waals surface area contributed by atoms with Crippen LogP contribution in [0.2, 0.25) is 0 Å². The molecule has 1 heterocycles. The molecule has 82 valence electrons. The minimum absolute atomic E-state index is 0.588. The fraction of sp³-hybridized carbons (Fsp3) is 0.538. The lowest BCUT2D eigenvalue weighted by Crippen LogP contribution is -2.21. The van der Waals surface area contributed by atoms with E-state index in [0.29, 0.717) is 5.92 Å². The number of rotatable bonds is 0. The van der Waals surface area contributed by atoms with Crippen molar-refractivity contribution in [3.8, 4) is 0 Å². The minimum atomic E-state index is 0.588. The molecule has 0 saturated heterocycles. The van der Waals surface area contributed by atoms with Gasteiger partial charge in [-0.1, -0.05) is 24.6 Å². The summed E-state index contributed by atoms with van der Waals surface area (Å²) in [6.07, 6.45) is 1.19. The molecule has 0 saturated carbocycles. The van der Waals surface area contributed by atoms with Gasteiger partial charge in [-0.2, -0.15) is 0 Å². The van der Waals surface area contributed by atoms with Crippen LogP contribution in [0.15, 0.2) is 18.2 Å². The molecule has 2 N–H and O–H groups in total. The molecule has 15 heavy (non-hydrogen) atoms. The lowest BCUT2D eigenvalue weighted by atomic mass is 9.97. The zero-order valence-electron chi connectivity index (χ0n) is 9.64. The molecule has 0 amide bonds. The largest absolute Gasteiger partial charge is 0.385 e. The summed E-state index contributed by atoms with van der Waals surface area (Å²) in [6, 6.07) is 6.70. The maximum absolute atomic E-state index is 3.52. The van der Waals surface area contributed by atoms with Crippen LogP contribution in [0.5, 0.6) is 0 Å². The van der Waals surface area contributed by atoms with Crippen LogP contribution in [0.4, 0.5) is 5.69 Å². The standard InChI is InChI=1S/C13H20N2/c1-10-4-5-13-12(8-10)11(2)9-14-6-3-7-15-13/h4-5,8,11,14-15H,3,6-7,9H2,1-2H3. The molecule has 0 radical (unpaired) electrons. The first-order valence-corrected chi connectivity index (χ1v) is 5.82. The van der Waals surface area contributed by atoms with Gasteiger partial charge in [-0.25, -0.2) is 0 Å². The van der Waals surface area contributed by atoms with Crippen LogP contribution in [-0.4, -0.2) is 19.6 Å². The van der Waals surface area contributed by atoms with Crippen LogP contribution in [0.1, 0.15) is 30.4 Å². The molecule has 2 rings (SSSR count). The molecule has 1 aliphatic rings. The summed E-state index contributed by atoms with van der Waals surface area (Å²) >= 11 is 0. The van der Waals surface area contributed by atoms with E-state index in [9.17, 15) is 0 Å². The number of anilines is 1. The Bertz CT molecular complexity index is 333. The van der Waals surface area contributed by atoms with Gasteiger partial charge < -0.3 is 10.6 Å². The van der Waals surface area contributed by atoms with Gasteiger partial charge in [-0.05, 0) is 37.4 Å². The number of fused-ring (bicyclic) bond motifs is 1. The Hall–Kier alpha value is -1.02. The van der Waals surface area contributed by atoms with E-state index in [1.54, 1.807) is 0 Å². The van der Waals surface area contributed by atoms with Crippen molar-refractivity contribution in [1.82, 2.24) is 5.32 Å². The van der Waals surface area contributed by atoms with Crippen LogP contribution >= 0.6 is 0 Å². The van der Waals surface area contributed by atoms with Crippen molar-refractivity contribution in [2.75, 3.05) is 25.0 Å². The number of hydrogen-bond acceptors (Lipinski definition) is 2. The van der Waals surface area contributed by atoms with E-state index >= 15 is 0 Å². The molecule has 1 atom stereocenters. The van der Waals surface area contributed by atoms with Gasteiger partial charge in [0.15, 0.2) is 0 Å². The maximum Gasteiger partial charge on any atom is 0.0376 e. The van der Waals surface area contributed by atoms with E-state index in [0.717, 1.165) is 19.6 Å². The quantitative estimate of drug-likeness (QED) is 0.678. The van der Waals surface area contributed by atoms with E-state index in [-0.39, 0.29) is 0 Å². The molecule has 1 aliphatic heterocycles. The molecule has 1 unspecified atom stereocenters. The number of benzene rings is 1. The maximum atomic E-state index is 3.52. The van der Waals surface area contributed by atoms with Gasteiger partial charge in [0.25, 0.3) is 0 Å². The highest BCUT2D eigenvalue weighted by Crippen LogP contribution is 2.25. The third-order valence-electron chi connectivity index (χ3n) is 3.03. The van der Waals surface area contributed by atoms with Crippen LogP contribution in [0, 0.1) is 6.92 Å². The fourth-order valence-electron chi connectivity index (χ4n) is 2.12. The zero-order valence-corrected chi connectivity index (χ0v) is 9.64. The van der Waals surface area contributed by atoms with Crippen molar-refractivity contribution in [3.05, 3.63) is 29.3 Å². The minimum Gasteiger partial charge on any atom is -0.385 e. The molecule has 0 aromatic heterocycles. The van der Waals surface area contributed by atoms with Crippen molar-refractivity contribution < 1.29 is 0 Å². The Kier molecular flexibility index (Phi) is 3.27. The van der Waals surface area contributed by atoms with Crippen LogP contribution < -0.4 is 10.6 Å². The average molecular weight is 204 g/mol. The van der Waals surface area contributed by atoms with Crippen molar-refractivity contribution in [3.63, 3.8) is 0 Å². The normalized spacial score (nSPS) is 21.9. The van der Waals surface area contributed by atoms with Gasteiger partial charge in [-0.15, -0.1) is 0 Å². The van der Waals surface area contributed by atoms with E-state index in [1.165, 1.54) is 23.2 Å². The van der Waals surface area contributed by atoms with Crippen molar-refractivity contribution in [2.24, 2.45) is 0 Å². The highest BCUT2D eigenvalue weighted by Gasteiger charge is 2.11. The van der Waals surface area contributed by atoms with E-state index in [1.807, 2.05) is 0 Å². The van der Waals surface area contributed by atoms with Crippen LogP contribution in [-0.2, 0) is 0 Å². The highest BCUT2D eigenvalue weighted by molar-refractivity contribution is 5.54. The second kappa shape index (κ2) is 4.67. The molecule has 0 spiro atoms. The SMILES string of the molecule is Cc1ccc2c(c1)C(C)CNCCCN2. The second-order valence-corrected chi connectivity index (χ2v) is 4.48. The van der Waals surface area contributed by atoms with Crippen molar-refractivity contribution in [1.29, 1.82) is 0 Å². The van der Waals surface area contributed by atoms with Crippen molar-refractivity contribution in [2.45, 2.75) is 26.2 Å². The summed E-state index contributed by atoms with van der Waals surface area (Å²) in [5, 5.41) is 7.02. The molecule has 0 bridgehead atoms. The lowest BCUT2D eigenvalue weighted by Gasteiger charge is -2.16. The summed E-state index contributed by atoms with van der Waals surface area (Å²) in [4.78, 5) is 0. The smallest absolute Gasteiger partial charge is 0.0376 e. The molecule has 2 heteroatoms. The fourth-order valence-corrected chi connectivity index (χ4v) is 2.12. The van der Waals surface area contributed by atoms with Gasteiger partial charge in [0, 0.05) is 18.8 Å². The predicted octanol–water partition coefficient (Wildman–Crippen LogP) is 2.50. The Morgan fingerprint density at radius 2 is 2.13 bits per heavy atom. The van der Waals surface area contributed by atoms with Gasteiger partial charge in [0.1, 0.15) is 0 Å². The Labute approximate surface area is 92.1 Å². The molecule has 1 aromatic carbocycles. The van der Waals surface area contributed by atoms with Gasteiger partial charge in [0.2, 0.25) is 0 Å². The van der Waals surface area contributed by atoms with Gasteiger partial charge in [0.05, 0.1) is 0 Å². The Balaban J connectivity index is 2.31.